The second-order valence-corrected chi connectivity index (χ2v) is 3.80. The summed E-state index contributed by atoms with van der Waals surface area (Å²) < 4.78 is 5.85. The molecule has 5 heteroatoms. The van der Waals surface area contributed by atoms with Crippen molar-refractivity contribution in [3.63, 3.8) is 0 Å². The molecule has 0 spiro atoms. The predicted octanol–water partition coefficient (Wildman–Crippen LogP) is 1.75. The van der Waals surface area contributed by atoms with Gasteiger partial charge in [-0.2, -0.15) is 0 Å². The Hall–Kier alpha value is -0.820. The summed E-state index contributed by atoms with van der Waals surface area (Å²) in [5.74, 6) is 4.91. The van der Waals surface area contributed by atoms with Crippen molar-refractivity contribution in [2.45, 2.75) is 6.92 Å². The molecule has 4 nitrogen and oxygen atoms in total. The van der Waals surface area contributed by atoms with E-state index in [0.29, 0.717) is 17.9 Å². The molecular formula is C9H11IN2O2. The van der Waals surface area contributed by atoms with E-state index in [2.05, 4.69) is 28.0 Å². The van der Waals surface area contributed by atoms with Crippen molar-refractivity contribution in [3.05, 3.63) is 27.3 Å². The molecular weight excluding hydrogens is 295 g/mol. The molecule has 3 N–H and O–H groups in total. The molecule has 0 heterocycles. The maximum absolute atomic E-state index is 11.5. The van der Waals surface area contributed by atoms with Gasteiger partial charge in [0, 0.05) is 3.57 Å². The number of ether oxygens (including phenoxy) is 1. The van der Waals surface area contributed by atoms with E-state index in [-0.39, 0.29) is 5.97 Å². The number of halogens is 1. The van der Waals surface area contributed by atoms with E-state index in [0.717, 1.165) is 3.57 Å². The Morgan fingerprint density at radius 2 is 2.36 bits per heavy atom. The molecule has 0 aliphatic heterocycles. The van der Waals surface area contributed by atoms with Crippen molar-refractivity contribution in [3.8, 4) is 0 Å². The molecule has 0 fully saturated rings. The lowest BCUT2D eigenvalue weighted by molar-refractivity contribution is 0.0527. The molecule has 0 aliphatic carbocycles. The molecule has 0 amide bonds. The second kappa shape index (κ2) is 5.16. The van der Waals surface area contributed by atoms with Gasteiger partial charge in [0.1, 0.15) is 0 Å². The van der Waals surface area contributed by atoms with E-state index in [9.17, 15) is 4.79 Å². The molecule has 0 aromatic heterocycles. The van der Waals surface area contributed by atoms with E-state index in [1.54, 1.807) is 19.1 Å². The van der Waals surface area contributed by atoms with Gasteiger partial charge in [-0.1, -0.05) is 0 Å². The third-order valence-corrected chi connectivity index (χ3v) is 2.30. The quantitative estimate of drug-likeness (QED) is 0.386. The van der Waals surface area contributed by atoms with Gasteiger partial charge >= 0.3 is 5.97 Å². The molecule has 0 unspecified atom stereocenters. The van der Waals surface area contributed by atoms with Crippen LogP contribution in [0.4, 0.5) is 5.69 Å². The largest absolute Gasteiger partial charge is 0.462 e. The lowest BCUT2D eigenvalue weighted by atomic mass is 10.2. The highest BCUT2D eigenvalue weighted by atomic mass is 127. The first-order valence-corrected chi connectivity index (χ1v) is 5.20. The van der Waals surface area contributed by atoms with Crippen molar-refractivity contribution in [1.82, 2.24) is 0 Å². The number of benzene rings is 1. The fraction of sp³-hybridized carbons (Fsp3) is 0.222. The fourth-order valence-electron chi connectivity index (χ4n) is 1.02. The van der Waals surface area contributed by atoms with E-state index in [1.807, 2.05) is 6.07 Å². The van der Waals surface area contributed by atoms with Crippen LogP contribution < -0.4 is 11.3 Å². The molecule has 0 bridgehead atoms. The van der Waals surface area contributed by atoms with Crippen LogP contribution in [0.2, 0.25) is 0 Å². The Kier molecular flexibility index (Phi) is 4.15. The van der Waals surface area contributed by atoms with Gasteiger partial charge in [-0.05, 0) is 47.7 Å². The zero-order valence-electron chi connectivity index (χ0n) is 7.71. The van der Waals surface area contributed by atoms with E-state index < -0.39 is 0 Å². The van der Waals surface area contributed by atoms with Crippen LogP contribution in [0.3, 0.4) is 0 Å². The number of rotatable bonds is 3. The number of nitrogens with one attached hydrogen (secondary N) is 1. The van der Waals surface area contributed by atoms with Crippen LogP contribution >= 0.6 is 22.6 Å². The molecule has 1 aromatic rings. The van der Waals surface area contributed by atoms with Crippen LogP contribution in [0.15, 0.2) is 18.2 Å². The number of nitrogens with two attached hydrogens (primary N) is 1. The van der Waals surface area contributed by atoms with E-state index >= 15 is 0 Å². The topological polar surface area (TPSA) is 64.3 Å². The highest BCUT2D eigenvalue weighted by Gasteiger charge is 2.11. The number of hydrazine groups is 1. The maximum atomic E-state index is 11.5. The predicted molar refractivity (Wildman–Crippen MR) is 62.9 cm³/mol. The summed E-state index contributed by atoms with van der Waals surface area (Å²) in [6.07, 6.45) is 0. The van der Waals surface area contributed by atoms with Gasteiger partial charge in [-0.15, -0.1) is 0 Å². The van der Waals surface area contributed by atoms with Gasteiger partial charge in [-0.3, -0.25) is 5.84 Å². The van der Waals surface area contributed by atoms with Gasteiger partial charge < -0.3 is 10.2 Å². The zero-order valence-corrected chi connectivity index (χ0v) is 9.87. The minimum absolute atomic E-state index is 0.355. The monoisotopic (exact) mass is 306 g/mol. The average Bonchev–Trinajstić information content (AvgIpc) is 2.18. The third kappa shape index (κ3) is 2.58. The maximum Gasteiger partial charge on any atom is 0.340 e. The first-order valence-electron chi connectivity index (χ1n) is 4.12. The molecule has 0 saturated heterocycles. The summed E-state index contributed by atoms with van der Waals surface area (Å²) in [7, 11) is 0. The molecule has 1 aromatic carbocycles. The highest BCUT2D eigenvalue weighted by Crippen LogP contribution is 2.18. The first kappa shape index (κ1) is 11.3. The number of nitrogen functional groups attached to an aromatic ring is 1. The van der Waals surface area contributed by atoms with E-state index in [1.165, 1.54) is 0 Å². The lowest BCUT2D eigenvalue weighted by Crippen LogP contribution is -2.14. The normalized spacial score (nSPS) is 9.64. The van der Waals surface area contributed by atoms with Crippen LogP contribution in [-0.2, 0) is 4.74 Å². The number of hydrogen-bond acceptors (Lipinski definition) is 4. The minimum atomic E-state index is -0.362. The lowest BCUT2D eigenvalue weighted by Gasteiger charge is -2.08. The van der Waals surface area contributed by atoms with Crippen molar-refractivity contribution in [1.29, 1.82) is 0 Å². The number of carbonyl (C=O) groups is 1. The van der Waals surface area contributed by atoms with Crippen molar-refractivity contribution in [2.24, 2.45) is 5.84 Å². The zero-order chi connectivity index (χ0) is 10.6. The van der Waals surface area contributed by atoms with Crippen molar-refractivity contribution >= 4 is 34.2 Å². The van der Waals surface area contributed by atoms with Crippen molar-refractivity contribution < 1.29 is 9.53 Å². The number of hydrogen-bond donors (Lipinski definition) is 2. The summed E-state index contributed by atoms with van der Waals surface area (Å²) in [6, 6.07) is 5.33. The van der Waals surface area contributed by atoms with Gasteiger partial charge in [-0.25, -0.2) is 4.79 Å². The number of carbonyl (C=O) groups excluding carboxylic acids is 1. The average molecular weight is 306 g/mol. The fourth-order valence-corrected chi connectivity index (χ4v) is 1.51. The SMILES string of the molecule is CCOC(=O)c1cc(I)ccc1NN. The Morgan fingerprint density at radius 1 is 1.64 bits per heavy atom. The van der Waals surface area contributed by atoms with Gasteiger partial charge in [0.2, 0.25) is 0 Å². The second-order valence-electron chi connectivity index (χ2n) is 2.55. The van der Waals surface area contributed by atoms with Crippen LogP contribution in [0, 0.1) is 3.57 Å². The molecule has 0 radical (unpaired) electrons. The molecule has 0 atom stereocenters. The Morgan fingerprint density at radius 3 is 2.93 bits per heavy atom. The van der Waals surface area contributed by atoms with Crippen LogP contribution in [-0.4, -0.2) is 12.6 Å². The minimum Gasteiger partial charge on any atom is -0.462 e. The van der Waals surface area contributed by atoms with Gasteiger partial charge in [0.05, 0.1) is 17.9 Å². The van der Waals surface area contributed by atoms with Gasteiger partial charge in [0.15, 0.2) is 0 Å². The van der Waals surface area contributed by atoms with Crippen molar-refractivity contribution in [2.75, 3.05) is 12.0 Å². The summed E-state index contributed by atoms with van der Waals surface area (Å²) >= 11 is 2.12. The van der Waals surface area contributed by atoms with Gasteiger partial charge in [0.25, 0.3) is 0 Å². The summed E-state index contributed by atoms with van der Waals surface area (Å²) in [6.45, 7) is 2.12. The summed E-state index contributed by atoms with van der Waals surface area (Å²) in [5.41, 5.74) is 3.49. The van der Waals surface area contributed by atoms with Crippen LogP contribution in [0.25, 0.3) is 0 Å². The molecule has 14 heavy (non-hydrogen) atoms. The smallest absolute Gasteiger partial charge is 0.340 e. The first-order chi connectivity index (χ1) is 6.69. The third-order valence-electron chi connectivity index (χ3n) is 1.63. The molecule has 76 valence electrons. The highest BCUT2D eigenvalue weighted by molar-refractivity contribution is 14.1. The Bertz CT molecular complexity index is 342. The van der Waals surface area contributed by atoms with E-state index in [4.69, 9.17) is 10.6 Å². The van der Waals surface area contributed by atoms with Crippen LogP contribution in [0.1, 0.15) is 17.3 Å². The standard InChI is InChI=1S/C9H11IN2O2/c1-2-14-9(13)7-5-6(10)3-4-8(7)12-11/h3-5,12H,2,11H2,1H3. The number of anilines is 1. The molecule has 0 aliphatic rings. The number of esters is 1. The van der Waals surface area contributed by atoms with Crippen LogP contribution in [0.5, 0.6) is 0 Å². The molecule has 1 rings (SSSR count). The summed E-state index contributed by atoms with van der Waals surface area (Å²) in [5, 5.41) is 0. The Labute approximate surface area is 95.9 Å². The molecule has 0 saturated carbocycles. The summed E-state index contributed by atoms with van der Waals surface area (Å²) in [4.78, 5) is 11.5. The Balaban J connectivity index is 3.03.